The third kappa shape index (κ3) is 5.42. The molecule has 0 atom stereocenters. The molecule has 1 aromatic heterocycles. The fraction of sp³-hybridized carbons (Fsp3) is 0.174. The average molecular weight is 389 g/mol. The minimum absolute atomic E-state index is 0.211. The Morgan fingerprint density at radius 1 is 0.897 bits per heavy atom. The summed E-state index contributed by atoms with van der Waals surface area (Å²) in [4.78, 5) is 28.5. The van der Waals surface area contributed by atoms with Gasteiger partial charge in [-0.1, -0.05) is 19.1 Å². The van der Waals surface area contributed by atoms with Gasteiger partial charge in [-0.25, -0.2) is 9.78 Å². The van der Waals surface area contributed by atoms with Gasteiger partial charge in [0.1, 0.15) is 5.82 Å². The molecular weight excluding hydrogens is 366 g/mol. The molecule has 0 radical (unpaired) electrons. The van der Waals surface area contributed by atoms with Gasteiger partial charge >= 0.3 is 5.97 Å². The van der Waals surface area contributed by atoms with Crippen LogP contribution in [0.25, 0.3) is 0 Å². The first-order chi connectivity index (χ1) is 14.1. The molecule has 6 heteroatoms. The first-order valence-electron chi connectivity index (χ1n) is 9.49. The number of hydrogen-bond acceptors (Lipinski definition) is 5. The van der Waals surface area contributed by atoms with Crippen molar-refractivity contribution in [3.8, 4) is 0 Å². The number of anilines is 3. The number of aryl methyl sites for hydroxylation is 1. The number of hydrogen-bond donors (Lipinski definition) is 2. The van der Waals surface area contributed by atoms with Crippen molar-refractivity contribution in [2.24, 2.45) is 0 Å². The van der Waals surface area contributed by atoms with E-state index in [1.165, 1.54) is 5.56 Å². The Kier molecular flexibility index (Phi) is 6.58. The Labute approximate surface area is 169 Å². The molecule has 0 unspecified atom stereocenters. The summed E-state index contributed by atoms with van der Waals surface area (Å²) in [5.74, 6) is -0.0389. The number of aromatic nitrogens is 1. The van der Waals surface area contributed by atoms with Crippen LogP contribution in [0.4, 0.5) is 17.2 Å². The van der Waals surface area contributed by atoms with Crippen molar-refractivity contribution in [1.29, 1.82) is 0 Å². The highest BCUT2D eigenvalue weighted by molar-refractivity contribution is 6.04. The molecule has 6 nitrogen and oxygen atoms in total. The van der Waals surface area contributed by atoms with Crippen LogP contribution in [0.1, 0.15) is 40.1 Å². The predicted molar refractivity (Wildman–Crippen MR) is 114 cm³/mol. The van der Waals surface area contributed by atoms with E-state index in [2.05, 4.69) is 22.5 Å². The zero-order chi connectivity index (χ0) is 20.6. The maximum Gasteiger partial charge on any atom is 0.338 e. The van der Waals surface area contributed by atoms with Gasteiger partial charge in [0.25, 0.3) is 5.91 Å². The lowest BCUT2D eigenvalue weighted by Crippen LogP contribution is -2.12. The number of carbonyl (C=O) groups excluding carboxylic acids is 2. The van der Waals surface area contributed by atoms with E-state index in [0.717, 1.165) is 17.8 Å². The number of ether oxygens (including phenoxy) is 1. The fourth-order valence-electron chi connectivity index (χ4n) is 2.72. The lowest BCUT2D eigenvalue weighted by molar-refractivity contribution is 0.0526. The molecule has 0 bridgehead atoms. The molecule has 0 aliphatic rings. The van der Waals surface area contributed by atoms with Gasteiger partial charge in [0.2, 0.25) is 0 Å². The van der Waals surface area contributed by atoms with Crippen molar-refractivity contribution in [2.45, 2.75) is 20.3 Å². The number of pyridine rings is 1. The van der Waals surface area contributed by atoms with E-state index < -0.39 is 0 Å². The minimum atomic E-state index is -0.359. The summed E-state index contributed by atoms with van der Waals surface area (Å²) in [5, 5.41) is 6.02. The van der Waals surface area contributed by atoms with E-state index in [-0.39, 0.29) is 11.9 Å². The molecule has 2 aromatic carbocycles. The van der Waals surface area contributed by atoms with Gasteiger partial charge in [-0.15, -0.1) is 0 Å². The molecule has 2 N–H and O–H groups in total. The molecule has 0 saturated carbocycles. The summed E-state index contributed by atoms with van der Waals surface area (Å²) in [6.07, 6.45) is 2.53. The van der Waals surface area contributed by atoms with Gasteiger partial charge in [0.15, 0.2) is 0 Å². The third-order valence-electron chi connectivity index (χ3n) is 4.31. The van der Waals surface area contributed by atoms with Gasteiger partial charge in [-0.05, 0) is 67.4 Å². The SMILES string of the molecule is CCOC(=O)c1ccc(Nc2cc(C(=O)Nc3ccc(CC)cc3)ccn2)cc1. The van der Waals surface area contributed by atoms with E-state index in [1.54, 1.807) is 49.5 Å². The maximum atomic E-state index is 12.5. The van der Waals surface area contributed by atoms with Crippen molar-refractivity contribution < 1.29 is 14.3 Å². The largest absolute Gasteiger partial charge is 0.462 e. The van der Waals surface area contributed by atoms with E-state index >= 15 is 0 Å². The van der Waals surface area contributed by atoms with Gasteiger partial charge in [-0.2, -0.15) is 0 Å². The van der Waals surface area contributed by atoms with Gasteiger partial charge in [0, 0.05) is 23.1 Å². The van der Waals surface area contributed by atoms with E-state index in [4.69, 9.17) is 4.74 Å². The second-order valence-electron chi connectivity index (χ2n) is 6.36. The smallest absolute Gasteiger partial charge is 0.338 e. The third-order valence-corrected chi connectivity index (χ3v) is 4.31. The fourth-order valence-corrected chi connectivity index (χ4v) is 2.72. The number of nitrogens with zero attached hydrogens (tertiary/aromatic N) is 1. The standard InChI is InChI=1S/C23H23N3O3/c1-3-16-5-9-20(10-6-16)26-22(27)18-13-14-24-21(15-18)25-19-11-7-17(8-12-19)23(28)29-4-2/h5-15H,3-4H2,1-2H3,(H,24,25)(H,26,27). The van der Waals surface area contributed by atoms with Crippen molar-refractivity contribution in [3.05, 3.63) is 83.6 Å². The van der Waals surface area contributed by atoms with Crippen LogP contribution in [0.5, 0.6) is 0 Å². The molecule has 29 heavy (non-hydrogen) atoms. The van der Waals surface area contributed by atoms with Crippen molar-refractivity contribution >= 4 is 29.1 Å². The highest BCUT2D eigenvalue weighted by atomic mass is 16.5. The molecule has 0 saturated heterocycles. The van der Waals surface area contributed by atoms with E-state index in [0.29, 0.717) is 23.6 Å². The van der Waals surface area contributed by atoms with Crippen LogP contribution in [-0.2, 0) is 11.2 Å². The first kappa shape index (κ1) is 20.1. The van der Waals surface area contributed by atoms with E-state index in [9.17, 15) is 9.59 Å². The molecule has 3 aromatic rings. The number of carbonyl (C=O) groups is 2. The number of rotatable bonds is 7. The first-order valence-corrected chi connectivity index (χ1v) is 9.49. The summed E-state index contributed by atoms with van der Waals surface area (Å²) in [6, 6.07) is 18.0. The molecule has 1 amide bonds. The summed E-state index contributed by atoms with van der Waals surface area (Å²) in [6.45, 7) is 4.19. The molecule has 1 heterocycles. The van der Waals surface area contributed by atoms with Crippen molar-refractivity contribution in [1.82, 2.24) is 4.98 Å². The number of esters is 1. The van der Waals surface area contributed by atoms with Gasteiger partial charge < -0.3 is 15.4 Å². The minimum Gasteiger partial charge on any atom is -0.462 e. The Hall–Kier alpha value is -3.67. The van der Waals surface area contributed by atoms with Gasteiger partial charge in [0.05, 0.1) is 12.2 Å². The topological polar surface area (TPSA) is 80.3 Å². The highest BCUT2D eigenvalue weighted by Crippen LogP contribution is 2.18. The van der Waals surface area contributed by atoms with Crippen molar-refractivity contribution in [3.63, 3.8) is 0 Å². The number of amides is 1. The molecule has 148 valence electrons. The lowest BCUT2D eigenvalue weighted by Gasteiger charge is -2.09. The van der Waals surface area contributed by atoms with Crippen LogP contribution >= 0.6 is 0 Å². The van der Waals surface area contributed by atoms with Crippen LogP contribution in [0.2, 0.25) is 0 Å². The lowest BCUT2D eigenvalue weighted by atomic mass is 10.1. The van der Waals surface area contributed by atoms with Crippen LogP contribution in [0.3, 0.4) is 0 Å². The predicted octanol–water partition coefficient (Wildman–Crippen LogP) is 4.82. The summed E-state index contributed by atoms with van der Waals surface area (Å²) in [7, 11) is 0. The number of nitrogens with one attached hydrogen (secondary N) is 2. The maximum absolute atomic E-state index is 12.5. The summed E-state index contributed by atoms with van der Waals surface area (Å²) >= 11 is 0. The second kappa shape index (κ2) is 9.50. The van der Waals surface area contributed by atoms with E-state index in [1.807, 2.05) is 24.3 Å². The monoisotopic (exact) mass is 389 g/mol. The number of benzene rings is 2. The Bertz CT molecular complexity index is 983. The molecule has 0 spiro atoms. The Balaban J connectivity index is 1.67. The second-order valence-corrected chi connectivity index (χ2v) is 6.36. The Morgan fingerprint density at radius 3 is 2.24 bits per heavy atom. The zero-order valence-corrected chi connectivity index (χ0v) is 16.4. The molecule has 0 aliphatic carbocycles. The molecule has 0 fully saturated rings. The van der Waals surface area contributed by atoms with Crippen LogP contribution in [0, 0.1) is 0 Å². The van der Waals surface area contributed by atoms with Crippen LogP contribution in [0.15, 0.2) is 66.9 Å². The molecular formula is C23H23N3O3. The van der Waals surface area contributed by atoms with Crippen LogP contribution in [-0.4, -0.2) is 23.5 Å². The highest BCUT2D eigenvalue weighted by Gasteiger charge is 2.09. The zero-order valence-electron chi connectivity index (χ0n) is 16.4. The Morgan fingerprint density at radius 2 is 1.59 bits per heavy atom. The van der Waals surface area contributed by atoms with Gasteiger partial charge in [-0.3, -0.25) is 4.79 Å². The normalized spacial score (nSPS) is 10.3. The van der Waals surface area contributed by atoms with Crippen LogP contribution < -0.4 is 10.6 Å². The summed E-state index contributed by atoms with van der Waals surface area (Å²) in [5.41, 5.74) is 3.68. The molecule has 0 aliphatic heterocycles. The van der Waals surface area contributed by atoms with Crippen molar-refractivity contribution in [2.75, 3.05) is 17.2 Å². The average Bonchev–Trinajstić information content (AvgIpc) is 2.75. The molecule has 3 rings (SSSR count). The summed E-state index contributed by atoms with van der Waals surface area (Å²) < 4.78 is 4.97. The quantitative estimate of drug-likeness (QED) is 0.567.